The van der Waals surface area contributed by atoms with Gasteiger partial charge >= 0.3 is 0 Å². The lowest BCUT2D eigenvalue weighted by molar-refractivity contribution is -0.132. The third-order valence-electron chi connectivity index (χ3n) is 6.89. The van der Waals surface area contributed by atoms with Crippen molar-refractivity contribution in [2.45, 2.75) is 46.5 Å². The number of piperidine rings is 1. The second-order valence-electron chi connectivity index (χ2n) is 9.41. The highest BCUT2D eigenvalue weighted by Crippen LogP contribution is 2.32. The van der Waals surface area contributed by atoms with Crippen molar-refractivity contribution in [2.24, 2.45) is 11.8 Å². The molecule has 1 aromatic carbocycles. The molecule has 2 aliphatic heterocycles. The molecule has 5 nitrogen and oxygen atoms in total. The molecule has 5 heteroatoms. The molecule has 2 unspecified atom stereocenters. The zero-order valence-corrected chi connectivity index (χ0v) is 18.9. The van der Waals surface area contributed by atoms with Crippen LogP contribution in [0.2, 0.25) is 0 Å². The van der Waals surface area contributed by atoms with E-state index < -0.39 is 0 Å². The highest BCUT2D eigenvalue weighted by atomic mass is 16.2. The van der Waals surface area contributed by atoms with Crippen molar-refractivity contribution in [3.05, 3.63) is 64.5 Å². The van der Waals surface area contributed by atoms with E-state index in [0.29, 0.717) is 18.3 Å². The lowest BCUT2D eigenvalue weighted by Gasteiger charge is -2.36. The summed E-state index contributed by atoms with van der Waals surface area (Å²) >= 11 is 0. The van der Waals surface area contributed by atoms with Crippen LogP contribution >= 0.6 is 0 Å². The SMILES string of the molecule is Cc1cncc(CC(=O)N2CCCC(C3CCN(C(=O)c4ccc(C)cc4C)C3)C2)c1. The zero-order chi connectivity index (χ0) is 22.0. The predicted octanol–water partition coefficient (Wildman–Crippen LogP) is 3.95. The van der Waals surface area contributed by atoms with Crippen LogP contribution in [0.5, 0.6) is 0 Å². The number of benzene rings is 1. The van der Waals surface area contributed by atoms with Crippen molar-refractivity contribution in [1.29, 1.82) is 0 Å². The van der Waals surface area contributed by atoms with Crippen LogP contribution in [-0.4, -0.2) is 52.8 Å². The van der Waals surface area contributed by atoms with Crippen LogP contribution in [0.15, 0.2) is 36.7 Å². The molecule has 4 rings (SSSR count). The van der Waals surface area contributed by atoms with Gasteiger partial charge in [-0.25, -0.2) is 0 Å². The first-order valence-electron chi connectivity index (χ1n) is 11.5. The summed E-state index contributed by atoms with van der Waals surface area (Å²) < 4.78 is 0. The zero-order valence-electron chi connectivity index (χ0n) is 18.9. The Hall–Kier alpha value is -2.69. The molecule has 2 aliphatic rings. The molecule has 0 spiro atoms. The normalized spacial score (nSPS) is 21.4. The van der Waals surface area contributed by atoms with Gasteiger partial charge in [0.1, 0.15) is 0 Å². The molecule has 0 aliphatic carbocycles. The molecule has 164 valence electrons. The number of nitrogens with zero attached hydrogens (tertiary/aromatic N) is 3. The van der Waals surface area contributed by atoms with E-state index in [4.69, 9.17) is 0 Å². The number of likely N-dealkylation sites (tertiary alicyclic amines) is 2. The molecule has 0 N–H and O–H groups in total. The largest absolute Gasteiger partial charge is 0.342 e. The first-order valence-corrected chi connectivity index (χ1v) is 11.5. The third kappa shape index (κ3) is 4.97. The maximum atomic E-state index is 13.1. The summed E-state index contributed by atoms with van der Waals surface area (Å²) in [5, 5.41) is 0. The summed E-state index contributed by atoms with van der Waals surface area (Å²) in [5.74, 6) is 1.30. The maximum absolute atomic E-state index is 13.1. The number of pyridine rings is 1. The smallest absolute Gasteiger partial charge is 0.254 e. The number of aryl methyl sites for hydroxylation is 3. The van der Waals surface area contributed by atoms with Crippen molar-refractivity contribution in [2.75, 3.05) is 26.2 Å². The average Bonchev–Trinajstić information content (AvgIpc) is 3.24. The molecule has 2 atom stereocenters. The second-order valence-corrected chi connectivity index (χ2v) is 9.41. The van der Waals surface area contributed by atoms with Gasteiger partial charge in [-0.15, -0.1) is 0 Å². The Labute approximate surface area is 185 Å². The Balaban J connectivity index is 1.35. The predicted molar refractivity (Wildman–Crippen MR) is 122 cm³/mol. The lowest BCUT2D eigenvalue weighted by atomic mass is 9.84. The van der Waals surface area contributed by atoms with Crippen LogP contribution in [-0.2, 0) is 11.2 Å². The molecule has 2 fully saturated rings. The quantitative estimate of drug-likeness (QED) is 0.754. The fourth-order valence-corrected chi connectivity index (χ4v) is 5.20. The van der Waals surface area contributed by atoms with E-state index in [1.807, 2.05) is 48.0 Å². The van der Waals surface area contributed by atoms with Crippen molar-refractivity contribution in [3.8, 4) is 0 Å². The van der Waals surface area contributed by atoms with Crippen LogP contribution in [0.3, 0.4) is 0 Å². The fourth-order valence-electron chi connectivity index (χ4n) is 5.20. The summed E-state index contributed by atoms with van der Waals surface area (Å²) in [7, 11) is 0. The molecule has 0 saturated carbocycles. The molecule has 0 radical (unpaired) electrons. The summed E-state index contributed by atoms with van der Waals surface area (Å²) in [6.45, 7) is 9.35. The van der Waals surface area contributed by atoms with Gasteiger partial charge < -0.3 is 9.80 Å². The number of amides is 2. The van der Waals surface area contributed by atoms with E-state index in [1.54, 1.807) is 6.20 Å². The van der Waals surface area contributed by atoms with Gasteiger partial charge in [-0.1, -0.05) is 23.8 Å². The van der Waals surface area contributed by atoms with Gasteiger partial charge in [-0.05, 0) is 74.6 Å². The highest BCUT2D eigenvalue weighted by molar-refractivity contribution is 5.95. The Kier molecular flexibility index (Phi) is 6.40. The Morgan fingerprint density at radius 1 is 0.935 bits per heavy atom. The Morgan fingerprint density at radius 3 is 2.48 bits per heavy atom. The average molecular weight is 420 g/mol. The third-order valence-corrected chi connectivity index (χ3v) is 6.89. The molecule has 0 bridgehead atoms. The van der Waals surface area contributed by atoms with Crippen LogP contribution < -0.4 is 0 Å². The number of aromatic nitrogens is 1. The number of hydrogen-bond donors (Lipinski definition) is 0. The molecule has 3 heterocycles. The highest BCUT2D eigenvalue weighted by Gasteiger charge is 2.35. The Bertz CT molecular complexity index is 971. The molecule has 1 aromatic heterocycles. The van der Waals surface area contributed by atoms with Gasteiger partial charge in [0.05, 0.1) is 6.42 Å². The van der Waals surface area contributed by atoms with Crippen molar-refractivity contribution in [3.63, 3.8) is 0 Å². The molecular weight excluding hydrogens is 386 g/mol. The molecule has 2 saturated heterocycles. The van der Waals surface area contributed by atoms with Crippen LogP contribution in [0, 0.1) is 32.6 Å². The van der Waals surface area contributed by atoms with Gasteiger partial charge in [0.2, 0.25) is 5.91 Å². The van der Waals surface area contributed by atoms with E-state index in [1.165, 1.54) is 5.56 Å². The molecule has 2 amide bonds. The van der Waals surface area contributed by atoms with Crippen LogP contribution in [0.1, 0.15) is 51.9 Å². The first kappa shape index (κ1) is 21.5. The summed E-state index contributed by atoms with van der Waals surface area (Å²) in [6.07, 6.45) is 7.25. The van der Waals surface area contributed by atoms with Crippen molar-refractivity contribution >= 4 is 11.8 Å². The monoisotopic (exact) mass is 419 g/mol. The van der Waals surface area contributed by atoms with Crippen LogP contribution in [0.25, 0.3) is 0 Å². The van der Waals surface area contributed by atoms with Gasteiger partial charge in [-0.2, -0.15) is 0 Å². The summed E-state index contributed by atoms with van der Waals surface area (Å²) in [5.41, 5.74) is 5.12. The minimum atomic E-state index is 0.149. The maximum Gasteiger partial charge on any atom is 0.254 e. The van der Waals surface area contributed by atoms with E-state index in [9.17, 15) is 9.59 Å². The number of rotatable bonds is 4. The van der Waals surface area contributed by atoms with E-state index in [0.717, 1.165) is 67.7 Å². The molecular formula is C26H33N3O2. The second kappa shape index (κ2) is 9.21. The molecule has 2 aromatic rings. The topological polar surface area (TPSA) is 53.5 Å². The van der Waals surface area contributed by atoms with Gasteiger partial charge in [0.15, 0.2) is 0 Å². The number of hydrogen-bond acceptors (Lipinski definition) is 3. The van der Waals surface area contributed by atoms with Crippen LogP contribution in [0.4, 0.5) is 0 Å². The first-order chi connectivity index (χ1) is 14.9. The number of carbonyl (C=O) groups excluding carboxylic acids is 2. The summed E-state index contributed by atoms with van der Waals surface area (Å²) in [6, 6.07) is 8.10. The van der Waals surface area contributed by atoms with Gasteiger partial charge in [-0.3, -0.25) is 14.6 Å². The van der Waals surface area contributed by atoms with Crippen molar-refractivity contribution in [1.82, 2.24) is 14.8 Å². The van der Waals surface area contributed by atoms with Gasteiger partial charge in [0, 0.05) is 44.1 Å². The van der Waals surface area contributed by atoms with E-state index in [-0.39, 0.29) is 11.8 Å². The standard InChI is InChI=1S/C26H33N3O2/c1-18-6-7-24(20(3)11-18)26(31)29-10-8-23(17-29)22-5-4-9-28(16-22)25(30)13-21-12-19(2)14-27-15-21/h6-7,11-12,14-15,22-23H,4-5,8-10,13,16-17H2,1-3H3. The fraction of sp³-hybridized carbons (Fsp3) is 0.500. The number of carbonyl (C=O) groups is 2. The van der Waals surface area contributed by atoms with Gasteiger partial charge in [0.25, 0.3) is 5.91 Å². The molecule has 31 heavy (non-hydrogen) atoms. The summed E-state index contributed by atoms with van der Waals surface area (Å²) in [4.78, 5) is 34.2. The van der Waals surface area contributed by atoms with Crippen molar-refractivity contribution < 1.29 is 9.59 Å². The lowest BCUT2D eigenvalue weighted by Crippen LogP contribution is -2.43. The minimum Gasteiger partial charge on any atom is -0.342 e. The Morgan fingerprint density at radius 2 is 1.71 bits per heavy atom. The minimum absolute atomic E-state index is 0.149. The van der Waals surface area contributed by atoms with E-state index in [2.05, 4.69) is 18.0 Å². The van der Waals surface area contributed by atoms with E-state index >= 15 is 0 Å².